The van der Waals surface area contributed by atoms with Gasteiger partial charge in [0.25, 0.3) is 6.29 Å². The molecule has 0 aromatic carbocycles. The molecule has 0 radical (unpaired) electrons. The molecule has 0 aliphatic heterocycles. The number of carboxylic acid groups (broad SMARTS) is 1. The van der Waals surface area contributed by atoms with Crippen molar-refractivity contribution >= 4 is 17.9 Å². The first-order chi connectivity index (χ1) is 41.6. The number of carbonyl (C=O) groups is 3. The molecule has 9 nitrogen and oxygen atoms in total. The molecule has 0 aromatic rings. The summed E-state index contributed by atoms with van der Waals surface area (Å²) in [5.74, 6) is -2.01. The standard InChI is InChI=1S/C76H129NO8/c1-6-8-10-12-14-16-18-20-22-24-26-28-30-31-32-33-34-35-36-37-38-39-40-41-42-43-45-47-49-51-53-55-57-59-61-63-65-67-74(79)85-72(71-84-76(75(80)81)82-69-68-77(3,4)5)70-83-73(78)66-64-62-60-58-56-54-52-50-48-46-44-29-27-25-23-21-19-17-15-13-11-9-7-2/h8,10,14,16,19-22,25-28,31-32,34-35,37-38,44,46,72,76H,6-7,9,11-13,15,17-18,23-24,29-30,33,36,39-43,45,47-71H2,1-5H3/p+1/b10-8-,16-14-,21-19-,22-20-,27-25-,28-26-,32-31-,35-34-,38-37-,46-44-. The molecule has 0 heterocycles. The molecule has 85 heavy (non-hydrogen) atoms. The number of hydrogen-bond acceptors (Lipinski definition) is 7. The number of ether oxygens (including phenoxy) is 4. The minimum Gasteiger partial charge on any atom is -0.477 e. The van der Waals surface area contributed by atoms with Gasteiger partial charge in [0.05, 0.1) is 34.4 Å². The minimum absolute atomic E-state index is 0.182. The number of hydrogen-bond donors (Lipinski definition) is 1. The Balaban J connectivity index is 4.13. The average Bonchev–Trinajstić information content (AvgIpc) is 3.48. The van der Waals surface area contributed by atoms with Crippen molar-refractivity contribution in [1.82, 2.24) is 0 Å². The fraction of sp³-hybridized carbons (Fsp3) is 0.697. The third-order valence-electron chi connectivity index (χ3n) is 14.7. The maximum Gasteiger partial charge on any atom is 0.361 e. The van der Waals surface area contributed by atoms with Crippen LogP contribution >= 0.6 is 0 Å². The van der Waals surface area contributed by atoms with Gasteiger partial charge in [0.1, 0.15) is 13.2 Å². The molecule has 0 aliphatic rings. The predicted octanol–water partition coefficient (Wildman–Crippen LogP) is 21.6. The maximum atomic E-state index is 12.9. The summed E-state index contributed by atoms with van der Waals surface area (Å²) in [7, 11) is 5.97. The van der Waals surface area contributed by atoms with Crippen molar-refractivity contribution in [2.75, 3.05) is 47.5 Å². The minimum atomic E-state index is -1.52. The zero-order chi connectivity index (χ0) is 61.9. The van der Waals surface area contributed by atoms with Gasteiger partial charge < -0.3 is 28.5 Å². The van der Waals surface area contributed by atoms with E-state index in [1.54, 1.807) is 0 Å². The number of esters is 2. The maximum absolute atomic E-state index is 12.9. The fourth-order valence-corrected chi connectivity index (χ4v) is 9.41. The van der Waals surface area contributed by atoms with Crippen LogP contribution in [0, 0.1) is 0 Å². The first-order valence-corrected chi connectivity index (χ1v) is 34.7. The zero-order valence-corrected chi connectivity index (χ0v) is 55.5. The molecular formula is C76H130NO8+. The van der Waals surface area contributed by atoms with E-state index in [0.717, 1.165) is 103 Å². The number of allylic oxidation sites excluding steroid dienone is 20. The van der Waals surface area contributed by atoms with Gasteiger partial charge in [-0.05, 0) is 109 Å². The lowest BCUT2D eigenvalue weighted by Crippen LogP contribution is -2.40. The summed E-state index contributed by atoms with van der Waals surface area (Å²) < 4.78 is 23.0. The van der Waals surface area contributed by atoms with Gasteiger partial charge in [-0.1, -0.05) is 283 Å². The van der Waals surface area contributed by atoms with Crippen molar-refractivity contribution in [3.63, 3.8) is 0 Å². The van der Waals surface area contributed by atoms with Crippen molar-refractivity contribution in [3.05, 3.63) is 122 Å². The monoisotopic (exact) mass is 1180 g/mol. The summed E-state index contributed by atoms with van der Waals surface area (Å²) in [6, 6.07) is 0. The fourth-order valence-electron chi connectivity index (χ4n) is 9.41. The van der Waals surface area contributed by atoms with E-state index in [9.17, 15) is 19.5 Å². The van der Waals surface area contributed by atoms with E-state index in [-0.39, 0.29) is 38.6 Å². The Morgan fingerprint density at radius 2 is 0.671 bits per heavy atom. The van der Waals surface area contributed by atoms with Crippen molar-refractivity contribution in [3.8, 4) is 0 Å². The second kappa shape index (κ2) is 65.7. The van der Waals surface area contributed by atoms with E-state index in [2.05, 4.69) is 135 Å². The van der Waals surface area contributed by atoms with E-state index in [1.807, 2.05) is 21.1 Å². The molecule has 0 rings (SSSR count). The normalized spacial score (nSPS) is 13.5. The Bertz CT molecular complexity index is 1810. The summed E-state index contributed by atoms with van der Waals surface area (Å²) in [6.07, 6.45) is 90.1. The SMILES string of the molecule is CC/C=C\C/C=C\C/C=C\C/C=C\C/C=C\C/C=C\C/C=C\CCCCCCCCCCCCCCCCCC(=O)OC(COC(=O)CCCCCCCCCC/C=C\C/C=C\C/C=C\CCCCCCC)COC(OCC[N+](C)(C)C)C(=O)O. The molecular weight excluding hydrogens is 1050 g/mol. The zero-order valence-electron chi connectivity index (χ0n) is 55.5. The highest BCUT2D eigenvalue weighted by molar-refractivity contribution is 5.71. The number of nitrogens with zero attached hydrogens (tertiary/aromatic N) is 1. The molecule has 486 valence electrons. The Morgan fingerprint density at radius 3 is 1.00 bits per heavy atom. The van der Waals surface area contributed by atoms with Gasteiger partial charge in [-0.2, -0.15) is 0 Å². The van der Waals surface area contributed by atoms with Crippen LogP contribution in [-0.4, -0.2) is 87.4 Å². The molecule has 0 saturated carbocycles. The van der Waals surface area contributed by atoms with E-state index in [4.69, 9.17) is 18.9 Å². The molecule has 0 amide bonds. The lowest BCUT2D eigenvalue weighted by atomic mass is 10.0. The molecule has 0 aliphatic carbocycles. The van der Waals surface area contributed by atoms with E-state index in [0.29, 0.717) is 17.4 Å². The quantitative estimate of drug-likeness (QED) is 0.0211. The van der Waals surface area contributed by atoms with Crippen molar-refractivity contribution in [2.24, 2.45) is 0 Å². The smallest absolute Gasteiger partial charge is 0.361 e. The largest absolute Gasteiger partial charge is 0.477 e. The Labute approximate surface area is 523 Å². The van der Waals surface area contributed by atoms with Gasteiger partial charge in [-0.15, -0.1) is 0 Å². The van der Waals surface area contributed by atoms with Gasteiger partial charge in [-0.25, -0.2) is 4.79 Å². The number of likely N-dealkylation sites (N-methyl/N-ethyl adjacent to an activating group) is 1. The Morgan fingerprint density at radius 1 is 0.365 bits per heavy atom. The first-order valence-electron chi connectivity index (χ1n) is 34.7. The first kappa shape index (κ1) is 80.7. The molecule has 9 heteroatoms. The molecule has 2 unspecified atom stereocenters. The lowest BCUT2D eigenvalue weighted by Gasteiger charge is -2.25. The van der Waals surface area contributed by atoms with Gasteiger partial charge in [-0.3, -0.25) is 9.59 Å². The summed E-state index contributed by atoms with van der Waals surface area (Å²) >= 11 is 0. The number of quaternary nitrogens is 1. The van der Waals surface area contributed by atoms with Crippen LogP contribution in [0.25, 0.3) is 0 Å². The molecule has 0 spiro atoms. The van der Waals surface area contributed by atoms with Gasteiger partial charge in [0, 0.05) is 12.8 Å². The van der Waals surface area contributed by atoms with Crippen molar-refractivity contribution < 1.29 is 42.9 Å². The Kier molecular flexibility index (Phi) is 62.3. The van der Waals surface area contributed by atoms with Crippen LogP contribution in [0.5, 0.6) is 0 Å². The Hall–Kier alpha value is -4.31. The number of rotatable bonds is 63. The lowest BCUT2D eigenvalue weighted by molar-refractivity contribution is -0.870. The topological polar surface area (TPSA) is 108 Å². The number of carboxylic acids is 1. The van der Waals surface area contributed by atoms with E-state index < -0.39 is 24.3 Å². The number of aliphatic carboxylic acids is 1. The second-order valence-electron chi connectivity index (χ2n) is 24.1. The number of unbranched alkanes of at least 4 members (excludes halogenated alkanes) is 28. The third-order valence-corrected chi connectivity index (χ3v) is 14.7. The van der Waals surface area contributed by atoms with Crippen LogP contribution in [0.1, 0.15) is 284 Å². The van der Waals surface area contributed by atoms with E-state index in [1.165, 1.54) is 148 Å². The molecule has 0 saturated heterocycles. The molecule has 2 atom stereocenters. The van der Waals surface area contributed by atoms with Crippen LogP contribution in [0.15, 0.2) is 122 Å². The number of carbonyl (C=O) groups excluding carboxylic acids is 2. The highest BCUT2D eigenvalue weighted by Crippen LogP contribution is 2.17. The predicted molar refractivity (Wildman–Crippen MR) is 364 cm³/mol. The average molecular weight is 1190 g/mol. The summed E-state index contributed by atoms with van der Waals surface area (Å²) in [5.41, 5.74) is 0. The van der Waals surface area contributed by atoms with Crippen LogP contribution < -0.4 is 0 Å². The molecule has 0 aromatic heterocycles. The second-order valence-corrected chi connectivity index (χ2v) is 24.1. The van der Waals surface area contributed by atoms with Crippen LogP contribution in [-0.2, 0) is 33.3 Å². The third kappa shape index (κ3) is 67.1. The van der Waals surface area contributed by atoms with Crippen molar-refractivity contribution in [1.29, 1.82) is 0 Å². The summed E-state index contributed by atoms with van der Waals surface area (Å²) in [6.45, 7) is 4.75. The van der Waals surface area contributed by atoms with Gasteiger partial charge in [0.15, 0.2) is 6.10 Å². The van der Waals surface area contributed by atoms with Crippen LogP contribution in [0.3, 0.4) is 0 Å². The van der Waals surface area contributed by atoms with Crippen LogP contribution in [0.2, 0.25) is 0 Å². The van der Waals surface area contributed by atoms with E-state index >= 15 is 0 Å². The van der Waals surface area contributed by atoms with Crippen LogP contribution in [0.4, 0.5) is 0 Å². The van der Waals surface area contributed by atoms with Gasteiger partial charge in [0.2, 0.25) is 0 Å². The van der Waals surface area contributed by atoms with Gasteiger partial charge >= 0.3 is 17.9 Å². The highest BCUT2D eigenvalue weighted by Gasteiger charge is 2.25. The van der Waals surface area contributed by atoms with Crippen molar-refractivity contribution in [2.45, 2.75) is 296 Å². The highest BCUT2D eigenvalue weighted by atomic mass is 16.7. The molecule has 0 fully saturated rings. The summed E-state index contributed by atoms with van der Waals surface area (Å²) in [4.78, 5) is 37.6. The molecule has 1 N–H and O–H groups in total. The summed E-state index contributed by atoms with van der Waals surface area (Å²) in [5, 5.41) is 9.74. The molecule has 0 bridgehead atoms.